The van der Waals surface area contributed by atoms with Crippen molar-refractivity contribution in [3.8, 4) is 0 Å². The summed E-state index contributed by atoms with van der Waals surface area (Å²) < 4.78 is 10.4. The predicted molar refractivity (Wildman–Crippen MR) is 88.0 cm³/mol. The van der Waals surface area contributed by atoms with E-state index in [0.29, 0.717) is 6.42 Å². The highest BCUT2D eigenvalue weighted by Gasteiger charge is 2.89. The van der Waals surface area contributed by atoms with Gasteiger partial charge >= 0.3 is 11.9 Å². The van der Waals surface area contributed by atoms with Gasteiger partial charge in [-0.2, -0.15) is 0 Å². The third kappa shape index (κ3) is 1.59. The van der Waals surface area contributed by atoms with Gasteiger partial charge in [0.15, 0.2) is 11.0 Å². The molecule has 1 aliphatic heterocycles. The first-order valence-corrected chi connectivity index (χ1v) is 8.75. The lowest BCUT2D eigenvalue weighted by atomic mass is 9.42. The topological polar surface area (TPSA) is 98.8 Å². The Labute approximate surface area is 150 Å². The van der Waals surface area contributed by atoms with E-state index in [0.717, 1.165) is 11.1 Å². The molecule has 0 unspecified atom stereocenters. The second-order valence-electron chi connectivity index (χ2n) is 6.83. The van der Waals surface area contributed by atoms with Gasteiger partial charge in [0.1, 0.15) is 0 Å². The maximum atomic E-state index is 13.0. The van der Waals surface area contributed by atoms with Crippen LogP contribution in [0.15, 0.2) is 24.3 Å². The second kappa shape index (κ2) is 5.40. The molecule has 4 atom stereocenters. The van der Waals surface area contributed by atoms with Crippen LogP contribution in [0.25, 0.3) is 0 Å². The monoisotopic (exact) mass is 357 g/mol. The van der Waals surface area contributed by atoms with Crippen molar-refractivity contribution in [3.05, 3.63) is 35.4 Å². The van der Waals surface area contributed by atoms with Gasteiger partial charge in [0.25, 0.3) is 5.91 Å². The number of hydrogen-bond donors (Lipinski definition) is 1. The third-order valence-electron chi connectivity index (χ3n) is 5.95. The molecule has 4 rings (SSSR count). The molecule has 2 aliphatic carbocycles. The molecule has 0 radical (unpaired) electrons. The number of carbonyl (C=O) groups excluding carboxylic acids is 4. The first-order chi connectivity index (χ1) is 12.5. The van der Waals surface area contributed by atoms with Gasteiger partial charge in [0.2, 0.25) is 5.78 Å². The van der Waals surface area contributed by atoms with Gasteiger partial charge in [-0.3, -0.25) is 14.4 Å². The van der Waals surface area contributed by atoms with Crippen LogP contribution in [0, 0.1) is 11.3 Å². The van der Waals surface area contributed by atoms with E-state index >= 15 is 0 Å². The minimum atomic E-state index is -1.87. The van der Waals surface area contributed by atoms with Gasteiger partial charge in [-0.05, 0) is 37.3 Å². The van der Waals surface area contributed by atoms with Crippen molar-refractivity contribution in [2.75, 3.05) is 13.2 Å². The molecular formula is C19H19NO6. The normalized spacial score (nSPS) is 33.5. The van der Waals surface area contributed by atoms with Crippen LogP contribution in [0.5, 0.6) is 0 Å². The number of Topliss-reactive ketones (excluding diaryl/α,β-unsaturated/α-hetero) is 1. The van der Waals surface area contributed by atoms with Crippen molar-refractivity contribution in [2.45, 2.75) is 31.7 Å². The first kappa shape index (κ1) is 16.8. The van der Waals surface area contributed by atoms with E-state index in [1.807, 2.05) is 24.3 Å². The molecule has 1 N–H and O–H groups in total. The van der Waals surface area contributed by atoms with E-state index < -0.39 is 46.4 Å². The van der Waals surface area contributed by atoms with Crippen LogP contribution >= 0.6 is 0 Å². The zero-order chi connectivity index (χ0) is 18.7. The second-order valence-corrected chi connectivity index (χ2v) is 6.83. The van der Waals surface area contributed by atoms with Gasteiger partial charge < -0.3 is 14.8 Å². The van der Waals surface area contributed by atoms with Crippen LogP contribution in [0.3, 0.4) is 0 Å². The molecule has 1 saturated carbocycles. The molecule has 1 heterocycles. The number of nitrogens with one attached hydrogen (secondary N) is 1. The van der Waals surface area contributed by atoms with Crippen molar-refractivity contribution < 1.29 is 28.7 Å². The lowest BCUT2D eigenvalue weighted by Gasteiger charge is -2.58. The summed E-state index contributed by atoms with van der Waals surface area (Å²) in [5.41, 5.74) is -1.77. The largest absolute Gasteiger partial charge is 0.465 e. The lowest BCUT2D eigenvalue weighted by molar-refractivity contribution is -0.197. The minimum Gasteiger partial charge on any atom is -0.465 e. The van der Waals surface area contributed by atoms with Crippen molar-refractivity contribution in [3.63, 3.8) is 0 Å². The van der Waals surface area contributed by atoms with Crippen LogP contribution in [-0.2, 0) is 35.1 Å². The van der Waals surface area contributed by atoms with Gasteiger partial charge in [-0.1, -0.05) is 24.3 Å². The quantitative estimate of drug-likeness (QED) is 0.479. The number of rotatable bonds is 4. The molecule has 7 nitrogen and oxygen atoms in total. The van der Waals surface area contributed by atoms with Crippen molar-refractivity contribution in [2.24, 2.45) is 11.3 Å². The third-order valence-corrected chi connectivity index (χ3v) is 5.95. The van der Waals surface area contributed by atoms with E-state index in [2.05, 4.69) is 5.32 Å². The fourth-order valence-corrected chi connectivity index (χ4v) is 5.15. The van der Waals surface area contributed by atoms with E-state index in [1.54, 1.807) is 13.8 Å². The Morgan fingerprint density at radius 1 is 1.12 bits per heavy atom. The average molecular weight is 357 g/mol. The summed E-state index contributed by atoms with van der Waals surface area (Å²) in [7, 11) is 0. The summed E-state index contributed by atoms with van der Waals surface area (Å²) in [4.78, 5) is 51.2. The predicted octanol–water partition coefficient (Wildman–Crippen LogP) is 0.506. The number of benzene rings is 1. The Morgan fingerprint density at radius 3 is 2.46 bits per heavy atom. The summed E-state index contributed by atoms with van der Waals surface area (Å²) in [5, 5.41) is 2.53. The number of esters is 2. The smallest absolute Gasteiger partial charge is 0.334 e. The van der Waals surface area contributed by atoms with E-state index in [9.17, 15) is 19.2 Å². The van der Waals surface area contributed by atoms with Crippen LogP contribution in [0.2, 0.25) is 0 Å². The van der Waals surface area contributed by atoms with Crippen molar-refractivity contribution in [1.29, 1.82) is 0 Å². The Kier molecular flexibility index (Phi) is 3.48. The van der Waals surface area contributed by atoms with Crippen LogP contribution < -0.4 is 5.32 Å². The fourth-order valence-electron chi connectivity index (χ4n) is 5.15. The fraction of sp³-hybridized carbons (Fsp3) is 0.474. The first-order valence-electron chi connectivity index (χ1n) is 8.75. The molecule has 0 spiro atoms. The molecule has 2 fully saturated rings. The molecule has 26 heavy (non-hydrogen) atoms. The molecule has 0 aromatic heterocycles. The van der Waals surface area contributed by atoms with Crippen LogP contribution in [-0.4, -0.2) is 42.4 Å². The molecule has 3 aliphatic rings. The number of hydrogen-bond acceptors (Lipinski definition) is 6. The van der Waals surface area contributed by atoms with Gasteiger partial charge in [0, 0.05) is 5.92 Å². The summed E-state index contributed by atoms with van der Waals surface area (Å²) in [6, 6.07) is 7.48. The van der Waals surface area contributed by atoms with Crippen molar-refractivity contribution in [1.82, 2.24) is 5.32 Å². The lowest BCUT2D eigenvalue weighted by Crippen LogP contribution is -2.78. The zero-order valence-electron chi connectivity index (χ0n) is 14.5. The summed E-state index contributed by atoms with van der Waals surface area (Å²) >= 11 is 0. The molecule has 0 bridgehead atoms. The standard InChI is InChI=1S/C19H19NO6/c1-3-25-16(23)18-12-9-10-7-5-6-8-11(10)13(12)19(18,17(24)26-4-2)20-15(22)14(18)21/h5-8,12-13H,3-4,9H2,1-2H3,(H,20,22)/t12-,13+,18+,19-/m0/s1. The molecule has 1 amide bonds. The highest BCUT2D eigenvalue weighted by Crippen LogP contribution is 2.70. The Morgan fingerprint density at radius 2 is 1.77 bits per heavy atom. The van der Waals surface area contributed by atoms with E-state index in [-0.39, 0.29) is 13.2 Å². The molecule has 136 valence electrons. The molecule has 7 heteroatoms. The SMILES string of the molecule is CCOC(=O)[C@@]12C(=O)C(=O)N[C@]1(C(=O)OCC)[C@@H]1c3ccccc3C[C@@H]12. The molecule has 1 saturated heterocycles. The maximum Gasteiger partial charge on any atom is 0.334 e. The molecular weight excluding hydrogens is 338 g/mol. The minimum absolute atomic E-state index is 0.0469. The van der Waals surface area contributed by atoms with Gasteiger partial charge in [0.05, 0.1) is 13.2 Å². The maximum absolute atomic E-state index is 13.0. The highest BCUT2D eigenvalue weighted by atomic mass is 16.5. The van der Waals surface area contributed by atoms with Gasteiger partial charge in [-0.25, -0.2) is 4.79 Å². The van der Waals surface area contributed by atoms with Crippen LogP contribution in [0.4, 0.5) is 0 Å². The average Bonchev–Trinajstić information content (AvgIpc) is 3.05. The Balaban J connectivity index is 1.95. The Bertz CT molecular complexity index is 848. The number of fused-ring (bicyclic) bond motifs is 6. The van der Waals surface area contributed by atoms with E-state index in [1.165, 1.54) is 0 Å². The summed E-state index contributed by atoms with van der Waals surface area (Å²) in [6.07, 6.45) is 0.432. The number of amides is 1. The van der Waals surface area contributed by atoms with Gasteiger partial charge in [-0.15, -0.1) is 0 Å². The van der Waals surface area contributed by atoms with Crippen molar-refractivity contribution >= 4 is 23.6 Å². The highest BCUT2D eigenvalue weighted by molar-refractivity contribution is 6.48. The Hall–Kier alpha value is -2.70. The molecule has 1 aromatic rings. The van der Waals surface area contributed by atoms with Crippen LogP contribution in [0.1, 0.15) is 30.9 Å². The summed E-state index contributed by atoms with van der Waals surface area (Å²) in [5.74, 6) is -4.42. The number of ether oxygens (including phenoxy) is 2. The zero-order valence-corrected chi connectivity index (χ0v) is 14.5. The number of ketones is 1. The summed E-state index contributed by atoms with van der Waals surface area (Å²) in [6.45, 7) is 3.38. The molecule has 1 aromatic carbocycles. The van der Waals surface area contributed by atoms with E-state index in [4.69, 9.17) is 9.47 Å². The number of carbonyl (C=O) groups is 4.